The molecular formula is C27H23Cl2FN4S. The van der Waals surface area contributed by atoms with E-state index in [0.717, 1.165) is 34.0 Å². The van der Waals surface area contributed by atoms with Crippen LogP contribution in [0.5, 0.6) is 0 Å². The molecule has 1 N–H and O–H groups in total. The lowest BCUT2D eigenvalue weighted by molar-refractivity contribution is 0.564. The molecule has 2 atom stereocenters. The number of nitrogens with zero attached hydrogens (tertiary/aromatic N) is 3. The van der Waals surface area contributed by atoms with E-state index in [-0.39, 0.29) is 17.9 Å². The molecular weight excluding hydrogens is 502 g/mol. The van der Waals surface area contributed by atoms with Gasteiger partial charge < -0.3 is 14.8 Å². The van der Waals surface area contributed by atoms with Gasteiger partial charge in [-0.15, -0.1) is 0 Å². The average Bonchev–Trinajstić information content (AvgIpc) is 3.33. The fourth-order valence-electron chi connectivity index (χ4n) is 4.85. The number of pyridine rings is 1. The number of nitrogens with one attached hydrogen (secondary N) is 1. The average molecular weight is 525 g/mol. The van der Waals surface area contributed by atoms with Crippen LogP contribution < -0.4 is 10.2 Å². The van der Waals surface area contributed by atoms with Gasteiger partial charge in [0.1, 0.15) is 5.82 Å². The first kappa shape index (κ1) is 23.8. The van der Waals surface area contributed by atoms with Crippen LogP contribution in [0, 0.1) is 26.6 Å². The minimum atomic E-state index is -0.251. The first-order valence-corrected chi connectivity index (χ1v) is 12.3. The first-order chi connectivity index (χ1) is 16.8. The van der Waals surface area contributed by atoms with Crippen molar-refractivity contribution in [2.45, 2.75) is 32.9 Å². The summed E-state index contributed by atoms with van der Waals surface area (Å²) in [6.07, 6.45) is 1.77. The fourth-order valence-corrected chi connectivity index (χ4v) is 5.58. The predicted octanol–water partition coefficient (Wildman–Crippen LogP) is 7.42. The molecule has 0 radical (unpaired) electrons. The summed E-state index contributed by atoms with van der Waals surface area (Å²) in [4.78, 5) is 6.67. The lowest BCUT2D eigenvalue weighted by Gasteiger charge is -2.28. The van der Waals surface area contributed by atoms with Gasteiger partial charge in [-0.1, -0.05) is 35.3 Å². The van der Waals surface area contributed by atoms with E-state index in [1.165, 1.54) is 6.07 Å². The maximum atomic E-state index is 14.1. The van der Waals surface area contributed by atoms with E-state index in [9.17, 15) is 4.39 Å². The zero-order valence-electron chi connectivity index (χ0n) is 19.4. The van der Waals surface area contributed by atoms with Crippen molar-refractivity contribution in [3.05, 3.63) is 111 Å². The van der Waals surface area contributed by atoms with E-state index in [1.54, 1.807) is 25.3 Å². The summed E-state index contributed by atoms with van der Waals surface area (Å²) in [5.74, 6) is -0.251. The summed E-state index contributed by atoms with van der Waals surface area (Å²) in [6, 6.07) is 18.2. The number of hydrogen-bond donors (Lipinski definition) is 1. The van der Waals surface area contributed by atoms with Crippen molar-refractivity contribution in [2.24, 2.45) is 0 Å². The number of benzene rings is 2. The molecule has 2 aromatic carbocycles. The lowest BCUT2D eigenvalue weighted by Crippen LogP contribution is -2.29. The minimum absolute atomic E-state index is 0.210. The molecule has 35 heavy (non-hydrogen) atoms. The SMILES string of the molecule is Cc1cc(N2C(=S)N[C@@H](c3ccccn3)[C@H]2c2cc(C)n(-c3cccc(Cl)c3Cl)c2C)ccc1F. The molecule has 2 aromatic heterocycles. The van der Waals surface area contributed by atoms with Gasteiger partial charge in [-0.2, -0.15) is 0 Å². The lowest BCUT2D eigenvalue weighted by atomic mass is 9.96. The third kappa shape index (κ3) is 4.10. The Balaban J connectivity index is 1.71. The van der Waals surface area contributed by atoms with Crippen molar-refractivity contribution >= 4 is 46.2 Å². The normalized spacial score (nSPS) is 17.7. The Hall–Kier alpha value is -2.93. The Bertz CT molecular complexity index is 1440. The fraction of sp³-hybridized carbons (Fsp3) is 0.185. The van der Waals surface area contributed by atoms with Gasteiger partial charge in [-0.3, -0.25) is 4.98 Å². The van der Waals surface area contributed by atoms with Crippen molar-refractivity contribution in [3.63, 3.8) is 0 Å². The third-order valence-corrected chi connectivity index (χ3v) is 7.60. The largest absolute Gasteiger partial charge is 0.351 e. The summed E-state index contributed by atoms with van der Waals surface area (Å²) < 4.78 is 16.2. The summed E-state index contributed by atoms with van der Waals surface area (Å²) in [7, 11) is 0. The smallest absolute Gasteiger partial charge is 0.174 e. The van der Waals surface area contributed by atoms with Crippen molar-refractivity contribution in [1.82, 2.24) is 14.9 Å². The van der Waals surface area contributed by atoms with Crippen LogP contribution in [0.25, 0.3) is 5.69 Å². The number of hydrogen-bond acceptors (Lipinski definition) is 2. The molecule has 5 rings (SSSR count). The van der Waals surface area contributed by atoms with Crippen LogP contribution in [-0.4, -0.2) is 14.7 Å². The van der Waals surface area contributed by atoms with Crippen LogP contribution in [-0.2, 0) is 0 Å². The molecule has 4 nitrogen and oxygen atoms in total. The summed E-state index contributed by atoms with van der Waals surface area (Å²) >= 11 is 18.8. The second-order valence-electron chi connectivity index (χ2n) is 8.66. The number of anilines is 1. The molecule has 0 amide bonds. The van der Waals surface area contributed by atoms with Crippen molar-refractivity contribution in [1.29, 1.82) is 0 Å². The third-order valence-electron chi connectivity index (χ3n) is 6.48. The molecule has 0 unspecified atom stereocenters. The van der Waals surface area contributed by atoms with E-state index < -0.39 is 0 Å². The van der Waals surface area contributed by atoms with Crippen molar-refractivity contribution in [2.75, 3.05) is 4.90 Å². The van der Waals surface area contributed by atoms with E-state index in [0.29, 0.717) is 20.7 Å². The quantitative estimate of drug-likeness (QED) is 0.281. The van der Waals surface area contributed by atoms with Crippen LogP contribution in [0.1, 0.15) is 40.3 Å². The van der Waals surface area contributed by atoms with E-state index in [2.05, 4.69) is 27.9 Å². The molecule has 0 saturated carbocycles. The van der Waals surface area contributed by atoms with E-state index in [4.69, 9.17) is 35.4 Å². The van der Waals surface area contributed by atoms with Gasteiger partial charge in [0.05, 0.1) is 33.5 Å². The Morgan fingerprint density at radius 3 is 2.51 bits per heavy atom. The van der Waals surface area contributed by atoms with Crippen LogP contribution in [0.15, 0.2) is 66.9 Å². The van der Waals surface area contributed by atoms with Gasteiger partial charge >= 0.3 is 0 Å². The molecule has 1 aliphatic heterocycles. The van der Waals surface area contributed by atoms with Crippen LogP contribution >= 0.6 is 35.4 Å². The molecule has 4 aromatic rings. The van der Waals surface area contributed by atoms with Gasteiger partial charge in [0, 0.05) is 23.3 Å². The Labute approximate surface area is 219 Å². The Morgan fingerprint density at radius 2 is 1.80 bits per heavy atom. The number of halogens is 3. The molecule has 0 bridgehead atoms. The number of rotatable bonds is 4. The molecule has 0 spiro atoms. The molecule has 8 heteroatoms. The van der Waals surface area contributed by atoms with Crippen LogP contribution in [0.4, 0.5) is 10.1 Å². The monoisotopic (exact) mass is 524 g/mol. The van der Waals surface area contributed by atoms with Gasteiger partial charge in [0.25, 0.3) is 0 Å². The highest BCUT2D eigenvalue weighted by Crippen LogP contribution is 2.44. The topological polar surface area (TPSA) is 33.1 Å². The second kappa shape index (κ2) is 9.26. The number of aryl methyl sites for hydroxylation is 2. The summed E-state index contributed by atoms with van der Waals surface area (Å²) in [5.41, 5.74) is 6.13. The van der Waals surface area contributed by atoms with Gasteiger partial charge in [-0.05, 0) is 92.6 Å². The van der Waals surface area contributed by atoms with Crippen LogP contribution in [0.2, 0.25) is 10.0 Å². The highest BCUT2D eigenvalue weighted by atomic mass is 35.5. The highest BCUT2D eigenvalue weighted by Gasteiger charge is 2.42. The van der Waals surface area contributed by atoms with E-state index in [1.807, 2.05) is 48.2 Å². The maximum Gasteiger partial charge on any atom is 0.174 e. The molecule has 1 fully saturated rings. The standard InChI is InChI=1S/C27H23Cl2FN4S/c1-15-13-18(10-11-21(15)30)34-26(25(32-27(34)35)22-8-4-5-12-31-22)19-14-16(2)33(17(19)3)23-9-6-7-20(28)24(23)29/h4-14,25-26H,1-3H3,(H,32,35)/t25-,26+/m0/s1. The molecule has 0 aliphatic carbocycles. The van der Waals surface area contributed by atoms with Crippen molar-refractivity contribution < 1.29 is 4.39 Å². The van der Waals surface area contributed by atoms with Gasteiger partial charge in [-0.25, -0.2) is 4.39 Å². The predicted molar refractivity (Wildman–Crippen MR) is 144 cm³/mol. The first-order valence-electron chi connectivity index (χ1n) is 11.2. The molecule has 1 aliphatic rings. The highest BCUT2D eigenvalue weighted by molar-refractivity contribution is 7.80. The summed E-state index contributed by atoms with van der Waals surface area (Å²) in [5, 5.41) is 5.01. The minimum Gasteiger partial charge on any atom is -0.351 e. The Morgan fingerprint density at radius 1 is 1.00 bits per heavy atom. The zero-order valence-corrected chi connectivity index (χ0v) is 21.7. The van der Waals surface area contributed by atoms with Gasteiger partial charge in [0.15, 0.2) is 5.11 Å². The molecule has 3 heterocycles. The number of thiocarbonyl (C=S) groups is 1. The summed E-state index contributed by atoms with van der Waals surface area (Å²) in [6.45, 7) is 5.85. The van der Waals surface area contributed by atoms with E-state index >= 15 is 0 Å². The molecule has 178 valence electrons. The maximum absolute atomic E-state index is 14.1. The van der Waals surface area contributed by atoms with Crippen molar-refractivity contribution in [3.8, 4) is 5.69 Å². The molecule has 1 saturated heterocycles. The number of aromatic nitrogens is 2. The van der Waals surface area contributed by atoms with Crippen LogP contribution in [0.3, 0.4) is 0 Å². The zero-order chi connectivity index (χ0) is 24.9. The second-order valence-corrected chi connectivity index (χ2v) is 9.84. The Kier molecular flexibility index (Phi) is 6.30. The van der Waals surface area contributed by atoms with Gasteiger partial charge in [0.2, 0.25) is 0 Å².